The van der Waals surface area contributed by atoms with Crippen LogP contribution in [0.4, 0.5) is 0 Å². The van der Waals surface area contributed by atoms with Gasteiger partial charge in [0.2, 0.25) is 0 Å². The zero-order valence-electron chi connectivity index (χ0n) is 17.5. The summed E-state index contributed by atoms with van der Waals surface area (Å²) in [6.07, 6.45) is 2.52. The first-order valence-corrected chi connectivity index (χ1v) is 10.7. The fourth-order valence-corrected chi connectivity index (χ4v) is 4.05. The van der Waals surface area contributed by atoms with E-state index in [0.717, 1.165) is 38.9 Å². The number of aryl methyl sites for hydroxylation is 1. The third-order valence-corrected chi connectivity index (χ3v) is 5.74. The van der Waals surface area contributed by atoms with Crippen LogP contribution in [0.25, 0.3) is 32.8 Å². The highest BCUT2D eigenvalue weighted by molar-refractivity contribution is 5.86. The van der Waals surface area contributed by atoms with Gasteiger partial charge in [-0.25, -0.2) is 0 Å². The predicted molar refractivity (Wildman–Crippen MR) is 128 cm³/mol. The normalized spacial score (nSPS) is 11.1. The second kappa shape index (κ2) is 8.60. The van der Waals surface area contributed by atoms with Crippen LogP contribution in [0.5, 0.6) is 5.75 Å². The standard InChI is InChI=1S/C28H23NO3/c30-28(31)12-7-19-6-11-27(25(16-19)23-9-10-26-24(17-23)13-14-29-26)32-18-20-5-8-21-3-1-2-4-22(21)15-20/h1-6,8-11,13-17,29H,7,12,18H2,(H,30,31). The maximum absolute atomic E-state index is 11.0. The minimum Gasteiger partial charge on any atom is -0.488 e. The van der Waals surface area contributed by atoms with Crippen LogP contribution in [0.1, 0.15) is 17.5 Å². The summed E-state index contributed by atoms with van der Waals surface area (Å²) in [5, 5.41) is 12.6. The van der Waals surface area contributed by atoms with Crippen LogP contribution >= 0.6 is 0 Å². The van der Waals surface area contributed by atoms with Gasteiger partial charge in [0, 0.05) is 23.7 Å². The van der Waals surface area contributed by atoms with Gasteiger partial charge in [-0.1, -0.05) is 48.5 Å². The molecular formula is C28H23NO3. The number of nitrogens with one attached hydrogen (secondary N) is 1. The minimum atomic E-state index is -0.795. The van der Waals surface area contributed by atoms with Crippen LogP contribution in [0.2, 0.25) is 0 Å². The van der Waals surface area contributed by atoms with Gasteiger partial charge < -0.3 is 14.8 Å². The highest BCUT2D eigenvalue weighted by Crippen LogP contribution is 2.34. The van der Waals surface area contributed by atoms with Gasteiger partial charge in [0.25, 0.3) is 0 Å². The maximum Gasteiger partial charge on any atom is 0.303 e. The monoisotopic (exact) mass is 421 g/mol. The number of aliphatic carboxylic acids is 1. The Morgan fingerprint density at radius 1 is 0.812 bits per heavy atom. The van der Waals surface area contributed by atoms with Crippen LogP contribution in [0.15, 0.2) is 91.1 Å². The summed E-state index contributed by atoms with van der Waals surface area (Å²) in [5.41, 5.74) is 5.18. The SMILES string of the molecule is O=C(O)CCc1ccc(OCc2ccc3ccccc3c2)c(-c2ccc3[nH]ccc3c2)c1. The molecule has 4 aromatic carbocycles. The third-order valence-electron chi connectivity index (χ3n) is 5.74. The van der Waals surface area contributed by atoms with Gasteiger partial charge in [-0.3, -0.25) is 4.79 Å². The molecule has 4 heteroatoms. The van der Waals surface area contributed by atoms with Gasteiger partial charge in [-0.05, 0) is 75.7 Å². The molecule has 5 aromatic rings. The van der Waals surface area contributed by atoms with E-state index < -0.39 is 5.97 Å². The topological polar surface area (TPSA) is 62.3 Å². The quantitative estimate of drug-likeness (QED) is 0.312. The predicted octanol–water partition coefficient (Wildman–Crippen LogP) is 6.58. The molecule has 0 amide bonds. The molecule has 1 aromatic heterocycles. The van der Waals surface area contributed by atoms with Crippen LogP contribution in [-0.4, -0.2) is 16.1 Å². The van der Waals surface area contributed by atoms with Crippen molar-refractivity contribution >= 4 is 27.6 Å². The summed E-state index contributed by atoms with van der Waals surface area (Å²) in [5.74, 6) is -0.0101. The van der Waals surface area contributed by atoms with Crippen LogP contribution < -0.4 is 4.74 Å². The average molecular weight is 421 g/mol. The summed E-state index contributed by atoms with van der Waals surface area (Å²) in [7, 11) is 0. The molecule has 0 saturated carbocycles. The summed E-state index contributed by atoms with van der Waals surface area (Å²) >= 11 is 0. The lowest BCUT2D eigenvalue weighted by Crippen LogP contribution is -2.00. The van der Waals surface area contributed by atoms with Crippen LogP contribution in [0, 0.1) is 0 Å². The van der Waals surface area contributed by atoms with E-state index >= 15 is 0 Å². The first-order valence-electron chi connectivity index (χ1n) is 10.7. The third kappa shape index (κ3) is 4.21. The molecule has 0 aliphatic heterocycles. The number of rotatable bonds is 7. The van der Waals surface area contributed by atoms with Crippen molar-refractivity contribution in [1.29, 1.82) is 0 Å². The Labute approximate surface area is 186 Å². The molecule has 1 heterocycles. The van der Waals surface area contributed by atoms with Gasteiger partial charge >= 0.3 is 5.97 Å². The highest BCUT2D eigenvalue weighted by atomic mass is 16.5. The van der Waals surface area contributed by atoms with Crippen molar-refractivity contribution in [2.75, 3.05) is 0 Å². The Kier molecular flexibility index (Phi) is 5.34. The largest absolute Gasteiger partial charge is 0.488 e. The molecule has 4 nitrogen and oxygen atoms in total. The molecule has 0 fully saturated rings. The number of carboxylic acids is 1. The number of hydrogen-bond acceptors (Lipinski definition) is 2. The van der Waals surface area contributed by atoms with Crippen molar-refractivity contribution in [1.82, 2.24) is 4.98 Å². The van der Waals surface area contributed by atoms with E-state index in [-0.39, 0.29) is 6.42 Å². The summed E-state index contributed by atoms with van der Waals surface area (Å²) in [6.45, 7) is 0.457. The zero-order chi connectivity index (χ0) is 21.9. The Bertz CT molecular complexity index is 1420. The molecule has 0 aliphatic rings. The number of aromatic nitrogens is 1. The van der Waals surface area contributed by atoms with Crippen molar-refractivity contribution < 1.29 is 14.6 Å². The van der Waals surface area contributed by atoms with Gasteiger partial charge in [-0.2, -0.15) is 0 Å². The molecule has 0 atom stereocenters. The number of benzene rings is 4. The number of hydrogen-bond donors (Lipinski definition) is 2. The molecule has 0 saturated heterocycles. The zero-order valence-corrected chi connectivity index (χ0v) is 17.5. The molecule has 0 spiro atoms. The molecule has 5 rings (SSSR count). The first kappa shape index (κ1) is 19.9. The van der Waals surface area contributed by atoms with Crippen molar-refractivity contribution in [2.24, 2.45) is 0 Å². The molecule has 158 valence electrons. The number of carbonyl (C=O) groups is 1. The lowest BCUT2D eigenvalue weighted by Gasteiger charge is -2.14. The smallest absolute Gasteiger partial charge is 0.303 e. The van der Waals surface area contributed by atoms with E-state index in [2.05, 4.69) is 53.5 Å². The number of fused-ring (bicyclic) bond motifs is 2. The average Bonchev–Trinajstić information content (AvgIpc) is 3.29. The van der Waals surface area contributed by atoms with E-state index in [0.29, 0.717) is 13.0 Å². The summed E-state index contributed by atoms with van der Waals surface area (Å²) in [6, 6.07) is 28.9. The molecule has 0 bridgehead atoms. The van der Waals surface area contributed by atoms with E-state index in [9.17, 15) is 4.79 Å². The molecule has 0 radical (unpaired) electrons. The van der Waals surface area contributed by atoms with Crippen molar-refractivity contribution in [3.05, 3.63) is 102 Å². The minimum absolute atomic E-state index is 0.105. The fourth-order valence-electron chi connectivity index (χ4n) is 4.05. The Morgan fingerprint density at radius 2 is 1.66 bits per heavy atom. The number of aromatic amines is 1. The van der Waals surface area contributed by atoms with E-state index in [1.165, 1.54) is 10.8 Å². The Hall–Kier alpha value is -4.05. The van der Waals surface area contributed by atoms with Gasteiger partial charge in [0.05, 0.1) is 0 Å². The van der Waals surface area contributed by atoms with Crippen molar-refractivity contribution in [3.8, 4) is 16.9 Å². The Balaban J connectivity index is 1.47. The van der Waals surface area contributed by atoms with Gasteiger partial charge in [0.1, 0.15) is 12.4 Å². The van der Waals surface area contributed by atoms with E-state index in [1.807, 2.05) is 42.6 Å². The molecule has 32 heavy (non-hydrogen) atoms. The second-order valence-corrected chi connectivity index (χ2v) is 7.97. The highest BCUT2D eigenvalue weighted by Gasteiger charge is 2.11. The van der Waals surface area contributed by atoms with Crippen LogP contribution in [-0.2, 0) is 17.8 Å². The number of carboxylic acid groups (broad SMARTS) is 1. The van der Waals surface area contributed by atoms with Crippen molar-refractivity contribution in [3.63, 3.8) is 0 Å². The second-order valence-electron chi connectivity index (χ2n) is 7.97. The Morgan fingerprint density at radius 3 is 2.53 bits per heavy atom. The summed E-state index contributed by atoms with van der Waals surface area (Å²) < 4.78 is 6.28. The maximum atomic E-state index is 11.0. The van der Waals surface area contributed by atoms with Gasteiger partial charge in [-0.15, -0.1) is 0 Å². The lowest BCUT2D eigenvalue weighted by atomic mass is 9.98. The molecular weight excluding hydrogens is 398 g/mol. The lowest BCUT2D eigenvalue weighted by molar-refractivity contribution is -0.136. The number of H-pyrrole nitrogens is 1. The molecule has 0 aliphatic carbocycles. The van der Waals surface area contributed by atoms with Crippen LogP contribution in [0.3, 0.4) is 0 Å². The molecule has 2 N–H and O–H groups in total. The molecule has 0 unspecified atom stereocenters. The van der Waals surface area contributed by atoms with Crippen molar-refractivity contribution in [2.45, 2.75) is 19.4 Å². The van der Waals surface area contributed by atoms with Gasteiger partial charge in [0.15, 0.2) is 0 Å². The summed E-state index contributed by atoms with van der Waals surface area (Å²) in [4.78, 5) is 14.3. The van der Waals surface area contributed by atoms with E-state index in [4.69, 9.17) is 9.84 Å². The van der Waals surface area contributed by atoms with E-state index in [1.54, 1.807) is 0 Å². The first-order chi connectivity index (χ1) is 15.7. The fraction of sp³-hybridized carbons (Fsp3) is 0.107. The number of ether oxygens (including phenoxy) is 1.